The lowest BCUT2D eigenvalue weighted by molar-refractivity contribution is -0.302. The number of amides is 1. The molecule has 1 aliphatic rings. The lowest BCUT2D eigenvalue weighted by Gasteiger charge is -2.40. The molecule has 9 heteroatoms. The molecule has 0 aromatic rings. The lowest BCUT2D eigenvalue weighted by Crippen LogP contribution is -2.60. The highest BCUT2D eigenvalue weighted by molar-refractivity contribution is 5.76. The number of rotatable bonds is 51. The van der Waals surface area contributed by atoms with Crippen LogP contribution in [0.4, 0.5) is 0 Å². The highest BCUT2D eigenvalue weighted by atomic mass is 16.7. The molecule has 67 heavy (non-hydrogen) atoms. The number of hydrogen-bond donors (Lipinski definition) is 6. The van der Waals surface area contributed by atoms with Crippen molar-refractivity contribution in [3.05, 3.63) is 12.2 Å². The first-order valence-electron chi connectivity index (χ1n) is 29.4. The normalized spacial score (nSPS) is 19.7. The summed E-state index contributed by atoms with van der Waals surface area (Å²) in [5.41, 5.74) is 0. The van der Waals surface area contributed by atoms with Crippen molar-refractivity contribution in [2.45, 2.75) is 339 Å². The van der Waals surface area contributed by atoms with Gasteiger partial charge in [-0.05, 0) is 19.3 Å². The molecule has 1 saturated heterocycles. The van der Waals surface area contributed by atoms with Gasteiger partial charge in [0.2, 0.25) is 5.91 Å². The first-order chi connectivity index (χ1) is 32.8. The van der Waals surface area contributed by atoms with Gasteiger partial charge in [-0.25, -0.2) is 0 Å². The van der Waals surface area contributed by atoms with Crippen molar-refractivity contribution in [1.82, 2.24) is 5.32 Å². The largest absolute Gasteiger partial charge is 0.394 e. The molecule has 1 amide bonds. The van der Waals surface area contributed by atoms with Crippen LogP contribution in [0, 0.1) is 0 Å². The number of unbranched alkanes of at least 4 members (excludes halogenated alkanes) is 41. The van der Waals surface area contributed by atoms with E-state index < -0.39 is 49.5 Å². The number of hydrogen-bond acceptors (Lipinski definition) is 8. The van der Waals surface area contributed by atoms with Crippen LogP contribution in [0.2, 0.25) is 0 Å². The van der Waals surface area contributed by atoms with E-state index in [0.717, 1.165) is 38.5 Å². The Morgan fingerprint density at radius 2 is 0.821 bits per heavy atom. The number of ether oxygens (including phenoxy) is 2. The van der Waals surface area contributed by atoms with Gasteiger partial charge >= 0.3 is 0 Å². The molecule has 0 spiro atoms. The number of aliphatic hydroxyl groups excluding tert-OH is 5. The van der Waals surface area contributed by atoms with Crippen LogP contribution in [0.3, 0.4) is 0 Å². The van der Waals surface area contributed by atoms with Crippen LogP contribution >= 0.6 is 0 Å². The van der Waals surface area contributed by atoms with Gasteiger partial charge in [0.15, 0.2) is 6.29 Å². The van der Waals surface area contributed by atoms with Gasteiger partial charge in [-0.2, -0.15) is 0 Å². The Morgan fingerprint density at radius 3 is 1.16 bits per heavy atom. The van der Waals surface area contributed by atoms with Crippen LogP contribution in [0.1, 0.15) is 296 Å². The Balaban J connectivity index is 2.21. The molecule has 1 rings (SSSR count). The maximum atomic E-state index is 13.1. The van der Waals surface area contributed by atoms with Crippen molar-refractivity contribution < 1.29 is 39.8 Å². The zero-order valence-electron chi connectivity index (χ0n) is 44.2. The van der Waals surface area contributed by atoms with Crippen LogP contribution in [-0.4, -0.2) is 87.5 Å². The standard InChI is InChI=1S/C58H113NO8/c1-3-5-7-9-11-13-15-17-19-21-23-25-26-28-29-31-33-35-37-39-41-43-45-47-52(61)51(50-66-58-57(65)56(64)55(63)53(49-60)67-58)59-54(62)48-46-44-42-40-38-36-34-32-30-27-24-22-20-18-16-14-12-10-8-6-4-2/h45,47,51-53,55-58,60-61,63-65H,3-44,46,48-50H2,1-2H3,(H,59,62)/b47-45+. The molecule has 0 radical (unpaired) electrons. The fraction of sp³-hybridized carbons (Fsp3) is 0.948. The number of aliphatic hydroxyl groups is 5. The molecule has 7 atom stereocenters. The van der Waals surface area contributed by atoms with Gasteiger partial charge in [0.05, 0.1) is 25.4 Å². The van der Waals surface area contributed by atoms with Gasteiger partial charge < -0.3 is 40.3 Å². The van der Waals surface area contributed by atoms with E-state index in [9.17, 15) is 30.3 Å². The van der Waals surface area contributed by atoms with E-state index in [4.69, 9.17) is 9.47 Å². The predicted octanol–water partition coefficient (Wildman–Crippen LogP) is 14.4. The number of nitrogens with one attached hydrogen (secondary N) is 1. The molecule has 9 nitrogen and oxygen atoms in total. The van der Waals surface area contributed by atoms with Crippen LogP contribution in [0.15, 0.2) is 12.2 Å². The minimum Gasteiger partial charge on any atom is -0.394 e. The van der Waals surface area contributed by atoms with E-state index in [0.29, 0.717) is 6.42 Å². The topological polar surface area (TPSA) is 149 Å². The summed E-state index contributed by atoms with van der Waals surface area (Å²) in [7, 11) is 0. The van der Waals surface area contributed by atoms with Gasteiger partial charge in [0.1, 0.15) is 24.4 Å². The number of carbonyl (C=O) groups is 1. The van der Waals surface area contributed by atoms with E-state index in [1.165, 1.54) is 238 Å². The van der Waals surface area contributed by atoms with Crippen molar-refractivity contribution in [3.8, 4) is 0 Å². The van der Waals surface area contributed by atoms with E-state index in [2.05, 4.69) is 19.2 Å². The fourth-order valence-corrected chi connectivity index (χ4v) is 9.69. The summed E-state index contributed by atoms with van der Waals surface area (Å²) in [6.45, 7) is 3.83. The Morgan fingerprint density at radius 1 is 0.493 bits per heavy atom. The van der Waals surface area contributed by atoms with Gasteiger partial charge in [-0.1, -0.05) is 283 Å². The minimum absolute atomic E-state index is 0.169. The van der Waals surface area contributed by atoms with E-state index >= 15 is 0 Å². The fourth-order valence-electron chi connectivity index (χ4n) is 9.69. The molecule has 0 aliphatic carbocycles. The number of allylic oxidation sites excluding steroid dienone is 1. The first-order valence-corrected chi connectivity index (χ1v) is 29.4. The van der Waals surface area contributed by atoms with Crippen LogP contribution in [0.25, 0.3) is 0 Å². The van der Waals surface area contributed by atoms with Crippen molar-refractivity contribution in [2.75, 3.05) is 13.2 Å². The second-order valence-electron chi connectivity index (χ2n) is 20.8. The van der Waals surface area contributed by atoms with Crippen molar-refractivity contribution in [3.63, 3.8) is 0 Å². The summed E-state index contributed by atoms with van der Waals surface area (Å²) in [4.78, 5) is 13.1. The predicted molar refractivity (Wildman–Crippen MR) is 281 cm³/mol. The molecule has 0 aromatic carbocycles. The molecule has 0 bridgehead atoms. The third-order valence-electron chi connectivity index (χ3n) is 14.4. The molecular weight excluding hydrogens is 839 g/mol. The molecule has 0 aromatic heterocycles. The third kappa shape index (κ3) is 38.3. The van der Waals surface area contributed by atoms with Gasteiger partial charge in [0, 0.05) is 6.42 Å². The lowest BCUT2D eigenvalue weighted by atomic mass is 9.99. The molecule has 6 N–H and O–H groups in total. The van der Waals surface area contributed by atoms with Gasteiger partial charge in [-0.15, -0.1) is 0 Å². The summed E-state index contributed by atoms with van der Waals surface area (Å²) in [5, 5.41) is 54.5. The average molecular weight is 953 g/mol. The summed E-state index contributed by atoms with van der Waals surface area (Å²) < 4.78 is 11.3. The Labute approximate surface area is 414 Å². The molecule has 1 aliphatic heterocycles. The zero-order chi connectivity index (χ0) is 48.7. The van der Waals surface area contributed by atoms with Gasteiger partial charge in [-0.3, -0.25) is 4.79 Å². The van der Waals surface area contributed by atoms with Crippen molar-refractivity contribution >= 4 is 5.91 Å². The molecule has 7 unspecified atom stereocenters. The smallest absolute Gasteiger partial charge is 0.220 e. The molecule has 1 fully saturated rings. The highest BCUT2D eigenvalue weighted by Gasteiger charge is 2.44. The quantitative estimate of drug-likeness (QED) is 0.0261. The van der Waals surface area contributed by atoms with Crippen molar-refractivity contribution in [1.29, 1.82) is 0 Å². The van der Waals surface area contributed by atoms with Crippen molar-refractivity contribution in [2.24, 2.45) is 0 Å². The molecule has 0 saturated carbocycles. The van der Waals surface area contributed by atoms with E-state index in [1.54, 1.807) is 6.08 Å². The number of carbonyl (C=O) groups excluding carboxylic acids is 1. The molecule has 1 heterocycles. The summed E-state index contributed by atoms with van der Waals surface area (Å²) in [5.74, 6) is -0.169. The van der Waals surface area contributed by atoms with E-state index in [-0.39, 0.29) is 12.5 Å². The maximum absolute atomic E-state index is 13.1. The van der Waals surface area contributed by atoms with E-state index in [1.807, 2.05) is 6.08 Å². The Hall–Kier alpha value is -1.07. The Bertz CT molecular complexity index is 1060. The summed E-state index contributed by atoms with van der Waals surface area (Å²) in [6.07, 6.45) is 52.8. The third-order valence-corrected chi connectivity index (χ3v) is 14.4. The summed E-state index contributed by atoms with van der Waals surface area (Å²) in [6, 6.07) is -0.800. The monoisotopic (exact) mass is 952 g/mol. The zero-order valence-corrected chi connectivity index (χ0v) is 44.2. The average Bonchev–Trinajstić information content (AvgIpc) is 3.33. The summed E-state index contributed by atoms with van der Waals surface area (Å²) >= 11 is 0. The van der Waals surface area contributed by atoms with Crippen LogP contribution < -0.4 is 5.32 Å². The molecular formula is C58H113NO8. The Kier molecular flexibility index (Phi) is 46.3. The second kappa shape index (κ2) is 48.6. The highest BCUT2D eigenvalue weighted by Crippen LogP contribution is 2.23. The van der Waals surface area contributed by atoms with Crippen LogP contribution in [-0.2, 0) is 14.3 Å². The van der Waals surface area contributed by atoms with Gasteiger partial charge in [0.25, 0.3) is 0 Å². The first kappa shape index (κ1) is 63.9. The SMILES string of the molecule is CCCCCCCCCCCCCCCCCCCCCCC/C=C/C(O)C(COC1OC(CO)C(O)C(O)C1O)NC(=O)CCCCCCCCCCCCCCCCCCCCCCC. The maximum Gasteiger partial charge on any atom is 0.220 e. The second-order valence-corrected chi connectivity index (χ2v) is 20.8. The van der Waals surface area contributed by atoms with Crippen LogP contribution in [0.5, 0.6) is 0 Å². The minimum atomic E-state index is -1.56. The molecule has 398 valence electrons.